The number of ether oxygens (including phenoxy) is 1. The van der Waals surface area contributed by atoms with Gasteiger partial charge in [-0.3, -0.25) is 4.79 Å². The van der Waals surface area contributed by atoms with Gasteiger partial charge in [-0.1, -0.05) is 12.1 Å². The Bertz CT molecular complexity index is 485. The van der Waals surface area contributed by atoms with Gasteiger partial charge in [0.25, 0.3) is 0 Å². The molecule has 136 valence electrons. The standard InChI is InChI=1S/C17H26FN3O2.ClH/c18-15-5-1-2-6-16(15)23-14-3-7-17(22)20-8-4-11-21-12-9-19-10-13-21;/h1-2,5-6,19H,3-4,7-14H2,(H,20,22);1H. The van der Waals surface area contributed by atoms with E-state index in [2.05, 4.69) is 15.5 Å². The van der Waals surface area contributed by atoms with E-state index in [0.717, 1.165) is 39.1 Å². The van der Waals surface area contributed by atoms with Gasteiger partial charge < -0.3 is 20.3 Å². The molecule has 1 aromatic carbocycles. The zero-order valence-corrected chi connectivity index (χ0v) is 14.7. The summed E-state index contributed by atoms with van der Waals surface area (Å²) in [4.78, 5) is 14.1. The van der Waals surface area contributed by atoms with E-state index in [1.54, 1.807) is 18.2 Å². The van der Waals surface area contributed by atoms with Gasteiger partial charge in [0.1, 0.15) is 0 Å². The van der Waals surface area contributed by atoms with Gasteiger partial charge in [0.2, 0.25) is 5.91 Å². The second-order valence-corrected chi connectivity index (χ2v) is 5.68. The van der Waals surface area contributed by atoms with Crippen molar-refractivity contribution in [3.05, 3.63) is 30.1 Å². The maximum atomic E-state index is 13.3. The number of carbonyl (C=O) groups is 1. The first-order valence-corrected chi connectivity index (χ1v) is 8.33. The molecule has 24 heavy (non-hydrogen) atoms. The monoisotopic (exact) mass is 359 g/mol. The molecule has 1 amide bonds. The molecule has 1 saturated heterocycles. The van der Waals surface area contributed by atoms with Crippen molar-refractivity contribution >= 4 is 18.3 Å². The van der Waals surface area contributed by atoms with Gasteiger partial charge in [-0.05, 0) is 31.5 Å². The number of nitrogens with zero attached hydrogens (tertiary/aromatic N) is 1. The van der Waals surface area contributed by atoms with Crippen LogP contribution in [-0.4, -0.2) is 56.7 Å². The number of carbonyl (C=O) groups excluding carboxylic acids is 1. The number of benzene rings is 1. The molecule has 0 bridgehead atoms. The van der Waals surface area contributed by atoms with Crippen molar-refractivity contribution in [1.29, 1.82) is 0 Å². The van der Waals surface area contributed by atoms with E-state index in [-0.39, 0.29) is 29.9 Å². The van der Waals surface area contributed by atoms with E-state index in [9.17, 15) is 9.18 Å². The fourth-order valence-electron chi connectivity index (χ4n) is 2.53. The quantitative estimate of drug-likeness (QED) is 0.660. The largest absolute Gasteiger partial charge is 0.491 e. The molecule has 2 rings (SSSR count). The van der Waals surface area contributed by atoms with Crippen molar-refractivity contribution in [2.75, 3.05) is 45.9 Å². The number of hydrogen-bond acceptors (Lipinski definition) is 4. The number of rotatable bonds is 9. The minimum Gasteiger partial charge on any atom is -0.491 e. The van der Waals surface area contributed by atoms with Crippen LogP contribution in [0.15, 0.2) is 24.3 Å². The number of halogens is 2. The first-order chi connectivity index (χ1) is 11.3. The Labute approximate surface area is 149 Å². The summed E-state index contributed by atoms with van der Waals surface area (Å²) in [6.45, 7) is 6.34. The fraction of sp³-hybridized carbons (Fsp3) is 0.588. The molecule has 5 nitrogen and oxygen atoms in total. The van der Waals surface area contributed by atoms with Crippen LogP contribution in [0.1, 0.15) is 19.3 Å². The summed E-state index contributed by atoms with van der Waals surface area (Å²) in [6, 6.07) is 6.30. The van der Waals surface area contributed by atoms with E-state index in [1.165, 1.54) is 6.07 Å². The summed E-state index contributed by atoms with van der Waals surface area (Å²) >= 11 is 0. The highest BCUT2D eigenvalue weighted by Crippen LogP contribution is 2.15. The first kappa shape index (κ1) is 20.7. The summed E-state index contributed by atoms with van der Waals surface area (Å²) in [5.74, 6) is -0.101. The average Bonchev–Trinajstić information content (AvgIpc) is 2.58. The molecule has 0 aromatic heterocycles. The maximum Gasteiger partial charge on any atom is 0.220 e. The Morgan fingerprint density at radius 2 is 2.00 bits per heavy atom. The minimum absolute atomic E-state index is 0. The zero-order chi connectivity index (χ0) is 16.3. The first-order valence-electron chi connectivity index (χ1n) is 8.33. The second kappa shape index (κ2) is 12.1. The summed E-state index contributed by atoms with van der Waals surface area (Å²) < 4.78 is 18.6. The molecule has 0 aliphatic carbocycles. The Kier molecular flexibility index (Phi) is 10.4. The van der Waals surface area contributed by atoms with Gasteiger partial charge in [-0.2, -0.15) is 0 Å². The summed E-state index contributed by atoms with van der Waals surface area (Å²) in [5, 5.41) is 6.24. The molecule has 2 N–H and O–H groups in total. The van der Waals surface area contributed by atoms with Crippen LogP contribution in [0.4, 0.5) is 4.39 Å². The van der Waals surface area contributed by atoms with Gasteiger partial charge >= 0.3 is 0 Å². The van der Waals surface area contributed by atoms with E-state index in [4.69, 9.17) is 4.74 Å². The van der Waals surface area contributed by atoms with Gasteiger partial charge in [0.15, 0.2) is 11.6 Å². The fourth-order valence-corrected chi connectivity index (χ4v) is 2.53. The predicted octanol–water partition coefficient (Wildman–Crippen LogP) is 1.82. The van der Waals surface area contributed by atoms with Crippen molar-refractivity contribution in [2.24, 2.45) is 0 Å². The third kappa shape index (κ3) is 7.95. The summed E-state index contributed by atoms with van der Waals surface area (Å²) in [5.41, 5.74) is 0. The topological polar surface area (TPSA) is 53.6 Å². The highest BCUT2D eigenvalue weighted by Gasteiger charge is 2.09. The Balaban J connectivity index is 0.00000288. The molecule has 1 aliphatic heterocycles. The van der Waals surface area contributed by atoms with Crippen LogP contribution in [0.5, 0.6) is 5.75 Å². The molecule has 7 heteroatoms. The molecular weight excluding hydrogens is 333 g/mol. The Morgan fingerprint density at radius 1 is 1.25 bits per heavy atom. The molecule has 0 atom stereocenters. The maximum absolute atomic E-state index is 13.3. The lowest BCUT2D eigenvalue weighted by atomic mass is 10.3. The van der Waals surface area contributed by atoms with E-state index >= 15 is 0 Å². The molecule has 0 saturated carbocycles. The molecular formula is C17H27ClFN3O2. The normalized spacial score (nSPS) is 14.7. The predicted molar refractivity (Wildman–Crippen MR) is 95.3 cm³/mol. The average molecular weight is 360 g/mol. The molecule has 1 aliphatic rings. The zero-order valence-electron chi connectivity index (χ0n) is 13.9. The minimum atomic E-state index is -0.370. The summed E-state index contributed by atoms with van der Waals surface area (Å²) in [6.07, 6.45) is 1.96. The SMILES string of the molecule is Cl.O=C(CCCOc1ccccc1F)NCCCN1CCNCC1. The molecule has 0 spiro atoms. The number of amides is 1. The van der Waals surface area contributed by atoms with Gasteiger partial charge in [0.05, 0.1) is 6.61 Å². The number of hydrogen-bond donors (Lipinski definition) is 2. The van der Waals surface area contributed by atoms with Crippen LogP contribution < -0.4 is 15.4 Å². The van der Waals surface area contributed by atoms with Gasteiger partial charge in [0, 0.05) is 39.1 Å². The van der Waals surface area contributed by atoms with Crippen LogP contribution >= 0.6 is 12.4 Å². The van der Waals surface area contributed by atoms with Crippen LogP contribution in [0, 0.1) is 5.82 Å². The molecule has 1 fully saturated rings. The lowest BCUT2D eigenvalue weighted by molar-refractivity contribution is -0.121. The lowest BCUT2D eigenvalue weighted by Gasteiger charge is -2.27. The van der Waals surface area contributed by atoms with E-state index in [1.807, 2.05) is 0 Å². The highest BCUT2D eigenvalue weighted by molar-refractivity contribution is 5.85. The lowest BCUT2D eigenvalue weighted by Crippen LogP contribution is -2.44. The van der Waals surface area contributed by atoms with Crippen LogP contribution in [0.2, 0.25) is 0 Å². The third-order valence-electron chi connectivity index (χ3n) is 3.83. The van der Waals surface area contributed by atoms with Crippen molar-refractivity contribution in [3.8, 4) is 5.75 Å². The second-order valence-electron chi connectivity index (χ2n) is 5.68. The summed E-state index contributed by atoms with van der Waals surface area (Å²) in [7, 11) is 0. The Hall–Kier alpha value is -1.37. The van der Waals surface area contributed by atoms with Crippen LogP contribution in [0.3, 0.4) is 0 Å². The molecule has 1 aromatic rings. The van der Waals surface area contributed by atoms with Crippen molar-refractivity contribution in [3.63, 3.8) is 0 Å². The van der Waals surface area contributed by atoms with Crippen molar-refractivity contribution in [2.45, 2.75) is 19.3 Å². The third-order valence-corrected chi connectivity index (χ3v) is 3.83. The Morgan fingerprint density at radius 3 is 2.75 bits per heavy atom. The van der Waals surface area contributed by atoms with Gasteiger partial charge in [-0.25, -0.2) is 4.39 Å². The highest BCUT2D eigenvalue weighted by atomic mass is 35.5. The van der Waals surface area contributed by atoms with Crippen LogP contribution in [-0.2, 0) is 4.79 Å². The number of nitrogens with one attached hydrogen (secondary N) is 2. The van der Waals surface area contributed by atoms with Crippen LogP contribution in [0.25, 0.3) is 0 Å². The van der Waals surface area contributed by atoms with E-state index < -0.39 is 0 Å². The van der Waals surface area contributed by atoms with Crippen molar-refractivity contribution in [1.82, 2.24) is 15.5 Å². The molecule has 0 radical (unpaired) electrons. The molecule has 0 unspecified atom stereocenters. The smallest absolute Gasteiger partial charge is 0.220 e. The number of para-hydroxylation sites is 1. The van der Waals surface area contributed by atoms with E-state index in [0.29, 0.717) is 26.0 Å². The van der Waals surface area contributed by atoms with Gasteiger partial charge in [-0.15, -0.1) is 12.4 Å². The number of piperazine rings is 1. The molecule has 1 heterocycles. The van der Waals surface area contributed by atoms with Crippen molar-refractivity contribution < 1.29 is 13.9 Å².